The van der Waals surface area contributed by atoms with Crippen LogP contribution in [0.25, 0.3) is 10.9 Å². The molecule has 2 aromatic rings. The van der Waals surface area contributed by atoms with Gasteiger partial charge in [-0.1, -0.05) is 0 Å². The van der Waals surface area contributed by atoms with E-state index in [9.17, 15) is 4.39 Å². The third-order valence-electron chi connectivity index (χ3n) is 3.14. The fourth-order valence-electron chi connectivity index (χ4n) is 2.26. The number of benzene rings is 1. The van der Waals surface area contributed by atoms with E-state index in [0.717, 1.165) is 30.6 Å². The average molecular weight is 231 g/mol. The van der Waals surface area contributed by atoms with E-state index in [4.69, 9.17) is 0 Å². The van der Waals surface area contributed by atoms with Crippen LogP contribution in [0.2, 0.25) is 0 Å². The lowest BCUT2D eigenvalue weighted by atomic mass is 10.1. The SMILES string of the molecule is Fc1ccc(N[C@H]2CCNC2)c2cccnc12. The second-order valence-electron chi connectivity index (χ2n) is 4.33. The first-order chi connectivity index (χ1) is 8.34. The summed E-state index contributed by atoms with van der Waals surface area (Å²) in [7, 11) is 0. The van der Waals surface area contributed by atoms with Crippen LogP contribution in [0.15, 0.2) is 30.5 Å². The lowest BCUT2D eigenvalue weighted by Crippen LogP contribution is -2.22. The highest BCUT2D eigenvalue weighted by Crippen LogP contribution is 2.25. The molecule has 1 aliphatic rings. The first-order valence-electron chi connectivity index (χ1n) is 5.85. The van der Waals surface area contributed by atoms with Crippen LogP contribution in [-0.2, 0) is 0 Å². The average Bonchev–Trinajstić information content (AvgIpc) is 2.86. The smallest absolute Gasteiger partial charge is 0.149 e. The van der Waals surface area contributed by atoms with Crippen LogP contribution in [0.5, 0.6) is 0 Å². The Morgan fingerprint density at radius 3 is 3.12 bits per heavy atom. The highest BCUT2D eigenvalue weighted by Gasteiger charge is 2.15. The van der Waals surface area contributed by atoms with Crippen LogP contribution in [0.1, 0.15) is 6.42 Å². The van der Waals surface area contributed by atoms with Crippen LogP contribution >= 0.6 is 0 Å². The van der Waals surface area contributed by atoms with Crippen molar-refractivity contribution in [3.63, 3.8) is 0 Å². The van der Waals surface area contributed by atoms with Crippen molar-refractivity contribution < 1.29 is 4.39 Å². The Morgan fingerprint density at radius 1 is 1.35 bits per heavy atom. The van der Waals surface area contributed by atoms with E-state index in [1.165, 1.54) is 6.07 Å². The van der Waals surface area contributed by atoms with Crippen molar-refractivity contribution in [1.82, 2.24) is 10.3 Å². The largest absolute Gasteiger partial charge is 0.380 e. The Balaban J connectivity index is 2.01. The van der Waals surface area contributed by atoms with Crippen molar-refractivity contribution in [3.8, 4) is 0 Å². The van der Waals surface area contributed by atoms with Gasteiger partial charge in [0.15, 0.2) is 0 Å². The minimum atomic E-state index is -0.268. The van der Waals surface area contributed by atoms with Crippen LogP contribution in [0.4, 0.5) is 10.1 Å². The molecule has 1 atom stereocenters. The van der Waals surface area contributed by atoms with Crippen molar-refractivity contribution in [3.05, 3.63) is 36.3 Å². The van der Waals surface area contributed by atoms with Gasteiger partial charge in [0.2, 0.25) is 0 Å². The molecule has 2 heterocycles. The standard InChI is InChI=1S/C13H14FN3/c14-11-3-4-12(17-9-5-7-15-8-9)10-2-1-6-16-13(10)11/h1-4,6,9,15,17H,5,7-8H2/t9-/m0/s1. The number of anilines is 1. The number of nitrogens with zero attached hydrogens (tertiary/aromatic N) is 1. The van der Waals surface area contributed by atoms with Crippen LogP contribution in [-0.4, -0.2) is 24.1 Å². The summed E-state index contributed by atoms with van der Waals surface area (Å²) in [5.41, 5.74) is 1.40. The first kappa shape index (κ1) is 10.5. The predicted octanol–water partition coefficient (Wildman–Crippen LogP) is 2.15. The summed E-state index contributed by atoms with van der Waals surface area (Å²) < 4.78 is 13.6. The predicted molar refractivity (Wildman–Crippen MR) is 66.6 cm³/mol. The molecule has 1 fully saturated rings. The lowest BCUT2D eigenvalue weighted by Gasteiger charge is -2.14. The van der Waals surface area contributed by atoms with Gasteiger partial charge in [0.1, 0.15) is 11.3 Å². The maximum Gasteiger partial charge on any atom is 0.149 e. The molecule has 0 unspecified atom stereocenters. The Hall–Kier alpha value is -1.68. The van der Waals surface area contributed by atoms with Crippen LogP contribution in [0, 0.1) is 5.82 Å². The number of rotatable bonds is 2. The third-order valence-corrected chi connectivity index (χ3v) is 3.14. The zero-order valence-corrected chi connectivity index (χ0v) is 9.41. The summed E-state index contributed by atoms with van der Waals surface area (Å²) in [6, 6.07) is 7.41. The van der Waals surface area contributed by atoms with Gasteiger partial charge in [-0.15, -0.1) is 0 Å². The molecule has 3 nitrogen and oxygen atoms in total. The van der Waals surface area contributed by atoms with Gasteiger partial charge >= 0.3 is 0 Å². The molecule has 1 saturated heterocycles. The van der Waals surface area contributed by atoms with E-state index >= 15 is 0 Å². The maximum atomic E-state index is 13.6. The first-order valence-corrected chi connectivity index (χ1v) is 5.85. The van der Waals surface area contributed by atoms with Crippen molar-refractivity contribution in [2.45, 2.75) is 12.5 Å². The minimum Gasteiger partial charge on any atom is -0.380 e. The zero-order chi connectivity index (χ0) is 11.7. The van der Waals surface area contributed by atoms with E-state index in [2.05, 4.69) is 15.6 Å². The molecule has 4 heteroatoms. The van der Waals surface area contributed by atoms with E-state index < -0.39 is 0 Å². The second kappa shape index (κ2) is 4.30. The minimum absolute atomic E-state index is 0.268. The summed E-state index contributed by atoms with van der Waals surface area (Å²) in [5.74, 6) is -0.268. The van der Waals surface area contributed by atoms with Gasteiger partial charge in [0.05, 0.1) is 0 Å². The molecule has 0 saturated carbocycles. The molecule has 0 aliphatic carbocycles. The highest BCUT2D eigenvalue weighted by atomic mass is 19.1. The van der Waals surface area contributed by atoms with Crippen LogP contribution in [0.3, 0.4) is 0 Å². The molecule has 17 heavy (non-hydrogen) atoms. The van der Waals surface area contributed by atoms with Gasteiger partial charge in [0.25, 0.3) is 0 Å². The molecule has 1 aromatic heterocycles. The lowest BCUT2D eigenvalue weighted by molar-refractivity contribution is 0.637. The van der Waals surface area contributed by atoms with Gasteiger partial charge < -0.3 is 10.6 Å². The molecule has 0 radical (unpaired) electrons. The Bertz CT molecular complexity index is 535. The second-order valence-corrected chi connectivity index (χ2v) is 4.33. The Labute approximate surface area is 99.1 Å². The number of pyridine rings is 1. The molecule has 0 amide bonds. The summed E-state index contributed by atoms with van der Waals surface area (Å²) in [6.45, 7) is 1.99. The molecular formula is C13H14FN3. The third kappa shape index (κ3) is 1.96. The molecule has 0 spiro atoms. The number of fused-ring (bicyclic) bond motifs is 1. The Morgan fingerprint density at radius 2 is 2.29 bits per heavy atom. The molecule has 3 rings (SSSR count). The van der Waals surface area contributed by atoms with Crippen molar-refractivity contribution in [1.29, 1.82) is 0 Å². The van der Waals surface area contributed by atoms with E-state index in [1.807, 2.05) is 12.1 Å². The fraction of sp³-hybridized carbons (Fsp3) is 0.308. The summed E-state index contributed by atoms with van der Waals surface area (Å²) in [4.78, 5) is 4.09. The summed E-state index contributed by atoms with van der Waals surface area (Å²) in [6.07, 6.45) is 2.71. The molecular weight excluding hydrogens is 217 g/mol. The molecule has 2 N–H and O–H groups in total. The topological polar surface area (TPSA) is 37.0 Å². The van der Waals surface area contributed by atoms with Gasteiger partial charge in [-0.05, 0) is 37.2 Å². The van der Waals surface area contributed by atoms with Crippen molar-refractivity contribution in [2.24, 2.45) is 0 Å². The zero-order valence-electron chi connectivity index (χ0n) is 9.41. The van der Waals surface area contributed by atoms with Gasteiger partial charge in [-0.3, -0.25) is 4.98 Å². The van der Waals surface area contributed by atoms with Gasteiger partial charge in [0, 0.05) is 29.9 Å². The van der Waals surface area contributed by atoms with E-state index in [0.29, 0.717) is 11.6 Å². The number of nitrogens with one attached hydrogen (secondary N) is 2. The number of aromatic nitrogens is 1. The summed E-state index contributed by atoms with van der Waals surface area (Å²) in [5, 5.41) is 7.59. The summed E-state index contributed by atoms with van der Waals surface area (Å²) >= 11 is 0. The Kier molecular flexibility index (Phi) is 2.65. The number of hydrogen-bond donors (Lipinski definition) is 2. The van der Waals surface area contributed by atoms with Crippen LogP contribution < -0.4 is 10.6 Å². The number of halogens is 1. The van der Waals surface area contributed by atoms with Crippen molar-refractivity contribution in [2.75, 3.05) is 18.4 Å². The number of hydrogen-bond acceptors (Lipinski definition) is 3. The molecule has 1 aliphatic heterocycles. The fourth-order valence-corrected chi connectivity index (χ4v) is 2.26. The quantitative estimate of drug-likeness (QED) is 0.831. The molecule has 1 aromatic carbocycles. The maximum absolute atomic E-state index is 13.6. The van der Waals surface area contributed by atoms with Gasteiger partial charge in [-0.2, -0.15) is 0 Å². The van der Waals surface area contributed by atoms with E-state index in [1.54, 1.807) is 12.3 Å². The highest BCUT2D eigenvalue weighted by molar-refractivity contribution is 5.91. The normalized spacial score (nSPS) is 19.7. The van der Waals surface area contributed by atoms with E-state index in [-0.39, 0.29) is 5.82 Å². The van der Waals surface area contributed by atoms with Gasteiger partial charge in [-0.25, -0.2) is 4.39 Å². The molecule has 0 bridgehead atoms. The monoisotopic (exact) mass is 231 g/mol. The van der Waals surface area contributed by atoms with Crippen molar-refractivity contribution >= 4 is 16.6 Å². The molecule has 88 valence electrons.